The standard InChI is InChI=1S/C17H11NO4S/c19-15-11-6-1-2-7-12(11)16(20)18(15)22-17(21)13-9-23-14-8-4-3-5-10(13)14/h1-8,13H,9H2. The number of hydrogen-bond donors (Lipinski definition) is 0. The number of nitrogens with zero attached hydrogens (tertiary/aromatic N) is 1. The molecule has 2 aromatic carbocycles. The van der Waals surface area contributed by atoms with Gasteiger partial charge in [0.2, 0.25) is 0 Å². The van der Waals surface area contributed by atoms with E-state index in [0.29, 0.717) is 10.8 Å². The highest BCUT2D eigenvalue weighted by Crippen LogP contribution is 2.40. The van der Waals surface area contributed by atoms with Crippen LogP contribution in [0.1, 0.15) is 32.2 Å². The van der Waals surface area contributed by atoms with Crippen molar-refractivity contribution in [1.82, 2.24) is 5.06 Å². The third kappa shape index (κ3) is 2.14. The van der Waals surface area contributed by atoms with Gasteiger partial charge in [0.25, 0.3) is 11.8 Å². The van der Waals surface area contributed by atoms with E-state index in [-0.39, 0.29) is 11.1 Å². The lowest BCUT2D eigenvalue weighted by Gasteiger charge is -2.16. The number of rotatable bonds is 2. The molecule has 0 saturated carbocycles. The molecule has 0 radical (unpaired) electrons. The van der Waals surface area contributed by atoms with Gasteiger partial charge >= 0.3 is 5.97 Å². The predicted octanol–water partition coefficient (Wildman–Crippen LogP) is 2.63. The molecule has 0 saturated heterocycles. The van der Waals surface area contributed by atoms with Crippen molar-refractivity contribution >= 4 is 29.5 Å². The van der Waals surface area contributed by atoms with Crippen LogP contribution in [0.5, 0.6) is 0 Å². The Labute approximate surface area is 136 Å². The molecule has 5 nitrogen and oxygen atoms in total. The molecule has 0 N–H and O–H groups in total. The lowest BCUT2D eigenvalue weighted by Crippen LogP contribution is -2.34. The number of benzene rings is 2. The number of hydroxylamine groups is 2. The van der Waals surface area contributed by atoms with Crippen molar-refractivity contribution in [2.75, 3.05) is 5.75 Å². The molecule has 2 aliphatic rings. The molecule has 0 fully saturated rings. The molecule has 0 spiro atoms. The summed E-state index contributed by atoms with van der Waals surface area (Å²) in [6, 6.07) is 14.0. The summed E-state index contributed by atoms with van der Waals surface area (Å²) in [5.41, 5.74) is 1.39. The van der Waals surface area contributed by atoms with Crippen LogP contribution in [-0.4, -0.2) is 28.6 Å². The molecule has 23 heavy (non-hydrogen) atoms. The zero-order chi connectivity index (χ0) is 16.0. The Hall–Kier alpha value is -2.60. The van der Waals surface area contributed by atoms with Crippen molar-refractivity contribution in [2.24, 2.45) is 0 Å². The molecule has 1 unspecified atom stereocenters. The Bertz CT molecular complexity index is 813. The second-order valence-electron chi connectivity index (χ2n) is 5.26. The van der Waals surface area contributed by atoms with E-state index >= 15 is 0 Å². The highest BCUT2D eigenvalue weighted by atomic mass is 32.2. The fourth-order valence-electron chi connectivity index (χ4n) is 2.76. The van der Waals surface area contributed by atoms with E-state index in [9.17, 15) is 14.4 Å². The Kier molecular flexibility index (Phi) is 3.20. The molecule has 2 heterocycles. The van der Waals surface area contributed by atoms with Crippen molar-refractivity contribution in [3.63, 3.8) is 0 Å². The lowest BCUT2D eigenvalue weighted by molar-refractivity contribution is -0.169. The third-order valence-electron chi connectivity index (χ3n) is 3.92. The molecule has 0 aliphatic carbocycles. The van der Waals surface area contributed by atoms with Crippen molar-refractivity contribution in [1.29, 1.82) is 0 Å². The van der Waals surface area contributed by atoms with Gasteiger partial charge in [-0.2, -0.15) is 0 Å². The number of carbonyl (C=O) groups is 3. The van der Waals surface area contributed by atoms with Crippen molar-refractivity contribution < 1.29 is 19.2 Å². The highest BCUT2D eigenvalue weighted by molar-refractivity contribution is 7.99. The number of thioether (sulfide) groups is 1. The van der Waals surface area contributed by atoms with Gasteiger partial charge < -0.3 is 4.84 Å². The summed E-state index contributed by atoms with van der Waals surface area (Å²) in [6.07, 6.45) is 0. The van der Waals surface area contributed by atoms with Gasteiger partial charge in [-0.3, -0.25) is 9.59 Å². The van der Waals surface area contributed by atoms with Crippen LogP contribution in [0.15, 0.2) is 53.4 Å². The first kappa shape index (κ1) is 14.0. The molecule has 2 amide bonds. The fourth-order valence-corrected chi connectivity index (χ4v) is 3.98. The summed E-state index contributed by atoms with van der Waals surface area (Å²) in [4.78, 5) is 43.0. The minimum Gasteiger partial charge on any atom is -0.329 e. The molecule has 4 rings (SSSR count). The molecule has 1 atom stereocenters. The Morgan fingerprint density at radius 1 is 1.00 bits per heavy atom. The van der Waals surface area contributed by atoms with E-state index < -0.39 is 23.7 Å². The van der Waals surface area contributed by atoms with E-state index in [1.165, 1.54) is 0 Å². The van der Waals surface area contributed by atoms with Crippen LogP contribution in [0.4, 0.5) is 0 Å². The van der Waals surface area contributed by atoms with Gasteiger partial charge in [-0.15, -0.1) is 11.8 Å². The largest absolute Gasteiger partial charge is 0.341 e. The Morgan fingerprint density at radius 2 is 1.61 bits per heavy atom. The monoisotopic (exact) mass is 325 g/mol. The highest BCUT2D eigenvalue weighted by Gasteiger charge is 2.41. The fraction of sp³-hybridized carbons (Fsp3) is 0.118. The van der Waals surface area contributed by atoms with Crippen LogP contribution in [-0.2, 0) is 9.63 Å². The number of amides is 2. The maximum atomic E-state index is 12.4. The smallest absolute Gasteiger partial charge is 0.329 e. The van der Waals surface area contributed by atoms with Gasteiger partial charge in [-0.05, 0) is 23.8 Å². The quantitative estimate of drug-likeness (QED) is 0.794. The number of hydrogen-bond acceptors (Lipinski definition) is 5. The summed E-state index contributed by atoms with van der Waals surface area (Å²) in [5.74, 6) is -1.71. The molecular formula is C17H11NO4S. The van der Waals surface area contributed by atoms with Gasteiger partial charge in [-0.1, -0.05) is 35.4 Å². The van der Waals surface area contributed by atoms with Crippen molar-refractivity contribution in [3.8, 4) is 0 Å². The number of fused-ring (bicyclic) bond motifs is 2. The van der Waals surface area contributed by atoms with Gasteiger partial charge in [0.05, 0.1) is 17.0 Å². The van der Waals surface area contributed by atoms with Crippen LogP contribution in [0.25, 0.3) is 0 Å². The molecule has 114 valence electrons. The summed E-state index contributed by atoms with van der Waals surface area (Å²) in [7, 11) is 0. The first-order chi connectivity index (χ1) is 11.2. The molecule has 0 aromatic heterocycles. The van der Waals surface area contributed by atoms with E-state index in [1.54, 1.807) is 36.0 Å². The van der Waals surface area contributed by atoms with E-state index in [2.05, 4.69) is 0 Å². The molecule has 2 aromatic rings. The maximum absolute atomic E-state index is 12.4. The van der Waals surface area contributed by atoms with Crippen LogP contribution in [0.3, 0.4) is 0 Å². The molecular weight excluding hydrogens is 314 g/mol. The Morgan fingerprint density at radius 3 is 2.30 bits per heavy atom. The average molecular weight is 325 g/mol. The lowest BCUT2D eigenvalue weighted by atomic mass is 10.0. The van der Waals surface area contributed by atoms with Crippen molar-refractivity contribution in [2.45, 2.75) is 10.8 Å². The van der Waals surface area contributed by atoms with Crippen LogP contribution in [0.2, 0.25) is 0 Å². The van der Waals surface area contributed by atoms with Crippen molar-refractivity contribution in [3.05, 3.63) is 65.2 Å². The SMILES string of the molecule is O=C(ON1C(=O)c2ccccc2C1=O)C1CSc2ccccc21. The first-order valence-corrected chi connectivity index (χ1v) is 8.06. The summed E-state index contributed by atoms with van der Waals surface area (Å²) < 4.78 is 0. The van der Waals surface area contributed by atoms with E-state index in [0.717, 1.165) is 10.5 Å². The summed E-state index contributed by atoms with van der Waals surface area (Å²) in [6.45, 7) is 0. The third-order valence-corrected chi connectivity index (χ3v) is 5.11. The Balaban J connectivity index is 1.57. The second kappa shape index (κ2) is 5.24. The van der Waals surface area contributed by atoms with E-state index in [1.807, 2.05) is 24.3 Å². The normalized spacial score (nSPS) is 18.8. The summed E-state index contributed by atoms with van der Waals surface area (Å²) in [5, 5.41) is 0.568. The topological polar surface area (TPSA) is 63.7 Å². The van der Waals surface area contributed by atoms with Gasteiger partial charge in [0, 0.05) is 10.6 Å². The minimum absolute atomic E-state index is 0.256. The first-order valence-electron chi connectivity index (χ1n) is 7.08. The van der Waals surface area contributed by atoms with Crippen LogP contribution >= 0.6 is 11.8 Å². The zero-order valence-electron chi connectivity index (χ0n) is 11.9. The second-order valence-corrected chi connectivity index (χ2v) is 6.32. The molecule has 6 heteroatoms. The zero-order valence-corrected chi connectivity index (χ0v) is 12.7. The van der Waals surface area contributed by atoms with Gasteiger partial charge in [0.1, 0.15) is 0 Å². The van der Waals surface area contributed by atoms with Crippen LogP contribution in [0, 0.1) is 0 Å². The molecule has 2 aliphatic heterocycles. The molecule has 0 bridgehead atoms. The van der Waals surface area contributed by atoms with Crippen LogP contribution < -0.4 is 0 Å². The van der Waals surface area contributed by atoms with Gasteiger partial charge in [-0.25, -0.2) is 4.79 Å². The predicted molar refractivity (Wildman–Crippen MR) is 82.9 cm³/mol. The summed E-state index contributed by atoms with van der Waals surface area (Å²) >= 11 is 1.56. The number of carbonyl (C=O) groups excluding carboxylic acids is 3. The average Bonchev–Trinajstić information content (AvgIpc) is 3.11. The van der Waals surface area contributed by atoms with Gasteiger partial charge in [0.15, 0.2) is 0 Å². The maximum Gasteiger partial charge on any atom is 0.341 e. The van der Waals surface area contributed by atoms with E-state index in [4.69, 9.17) is 4.84 Å². The minimum atomic E-state index is -0.599. The number of imide groups is 1.